The van der Waals surface area contributed by atoms with Gasteiger partial charge >= 0.3 is 5.97 Å². The number of nitrogens with zero attached hydrogens (tertiary/aromatic N) is 3. The van der Waals surface area contributed by atoms with E-state index in [9.17, 15) is 9.59 Å². The summed E-state index contributed by atoms with van der Waals surface area (Å²) in [5, 5.41) is 7.65. The number of fused-ring (bicyclic) bond motifs is 2. The van der Waals surface area contributed by atoms with Crippen LogP contribution in [-0.4, -0.2) is 33.6 Å². The molecule has 4 rings (SSSR count). The summed E-state index contributed by atoms with van der Waals surface area (Å²) in [6.45, 7) is 1.98. The second-order valence-electron chi connectivity index (χ2n) is 6.01. The highest BCUT2D eigenvalue weighted by atomic mass is 16.5. The molecule has 4 aromatic rings. The molecule has 0 saturated carbocycles. The maximum Gasteiger partial charge on any atom is 0.341 e. The van der Waals surface area contributed by atoms with Crippen molar-refractivity contribution in [2.75, 3.05) is 7.11 Å². The maximum atomic E-state index is 12.5. The highest BCUT2D eigenvalue weighted by molar-refractivity contribution is 6.03. The smallest absolute Gasteiger partial charge is 0.341 e. The maximum absolute atomic E-state index is 12.5. The lowest BCUT2D eigenvalue weighted by atomic mass is 10.1. The van der Waals surface area contributed by atoms with Gasteiger partial charge in [-0.25, -0.2) is 14.3 Å². The van der Waals surface area contributed by atoms with Gasteiger partial charge in [-0.3, -0.25) is 4.79 Å². The Morgan fingerprint density at radius 2 is 2.19 bits per heavy atom. The number of esters is 1. The molecule has 1 amide bonds. The molecule has 0 aliphatic carbocycles. The Balaban J connectivity index is 1.59. The number of hydrogen-bond donors (Lipinski definition) is 1. The van der Waals surface area contributed by atoms with Crippen molar-refractivity contribution in [2.45, 2.75) is 13.5 Å². The van der Waals surface area contributed by atoms with Crippen molar-refractivity contribution in [3.05, 3.63) is 65.3 Å². The highest BCUT2D eigenvalue weighted by Gasteiger charge is 2.19. The number of carbonyl (C=O) groups excluding carboxylic acids is 2. The molecule has 136 valence electrons. The van der Waals surface area contributed by atoms with Crippen LogP contribution in [0.3, 0.4) is 0 Å². The normalized spacial score (nSPS) is 11.0. The lowest BCUT2D eigenvalue weighted by Gasteiger charge is -2.04. The largest absolute Gasteiger partial charge is 0.465 e. The van der Waals surface area contributed by atoms with Crippen LogP contribution in [0.2, 0.25) is 0 Å². The van der Waals surface area contributed by atoms with Crippen molar-refractivity contribution in [2.24, 2.45) is 0 Å². The molecule has 0 radical (unpaired) electrons. The van der Waals surface area contributed by atoms with Crippen molar-refractivity contribution in [3.63, 3.8) is 0 Å². The molecule has 0 spiro atoms. The van der Waals surface area contributed by atoms with Crippen molar-refractivity contribution in [1.29, 1.82) is 0 Å². The number of methoxy groups -OCH3 is 1. The highest BCUT2D eigenvalue weighted by Crippen LogP contribution is 2.26. The van der Waals surface area contributed by atoms with Crippen molar-refractivity contribution < 1.29 is 18.7 Å². The number of ether oxygens (including phenoxy) is 1. The van der Waals surface area contributed by atoms with Gasteiger partial charge in [0.05, 0.1) is 19.9 Å². The Morgan fingerprint density at radius 1 is 1.33 bits per heavy atom. The number of benzene rings is 1. The number of furan rings is 1. The van der Waals surface area contributed by atoms with Crippen molar-refractivity contribution in [1.82, 2.24) is 19.9 Å². The number of aromatic nitrogens is 3. The molecule has 3 heterocycles. The van der Waals surface area contributed by atoms with Crippen LogP contribution in [0.15, 0.2) is 47.3 Å². The zero-order chi connectivity index (χ0) is 19.0. The molecule has 0 aliphatic heterocycles. The molecule has 0 bridgehead atoms. The summed E-state index contributed by atoms with van der Waals surface area (Å²) in [5.41, 5.74) is 2.45. The first-order valence-corrected chi connectivity index (χ1v) is 8.25. The van der Waals surface area contributed by atoms with Gasteiger partial charge < -0.3 is 14.5 Å². The minimum atomic E-state index is -0.458. The zero-order valence-corrected chi connectivity index (χ0v) is 14.7. The van der Waals surface area contributed by atoms with Crippen LogP contribution in [0.25, 0.3) is 16.6 Å². The topological polar surface area (TPSA) is 98.7 Å². The van der Waals surface area contributed by atoms with Crippen LogP contribution < -0.4 is 5.32 Å². The molecule has 0 unspecified atom stereocenters. The summed E-state index contributed by atoms with van der Waals surface area (Å²) in [6.07, 6.45) is 4.79. The number of amides is 1. The van der Waals surface area contributed by atoms with Crippen LogP contribution >= 0.6 is 0 Å². The van der Waals surface area contributed by atoms with E-state index in [-0.39, 0.29) is 12.5 Å². The Labute approximate surface area is 153 Å². The molecule has 27 heavy (non-hydrogen) atoms. The second-order valence-corrected chi connectivity index (χ2v) is 6.01. The first-order valence-electron chi connectivity index (χ1n) is 8.25. The SMILES string of the molecule is COC(=O)c1c(C)ccc2cc(CNC(=O)c3cnn4cccnc34)oc12. The van der Waals surface area contributed by atoms with Crippen LogP contribution in [0.1, 0.15) is 32.0 Å². The summed E-state index contributed by atoms with van der Waals surface area (Å²) in [4.78, 5) is 28.7. The third-order valence-corrected chi connectivity index (χ3v) is 4.28. The first kappa shape index (κ1) is 16.8. The molecule has 0 atom stereocenters. The standard InChI is InChI=1S/C19H16N4O4/c1-11-4-5-12-8-13(27-16(12)15(11)19(25)26-2)9-21-18(24)14-10-22-23-7-3-6-20-17(14)23/h3-8,10H,9H2,1-2H3,(H,21,24). The number of carbonyl (C=O) groups is 2. The van der Waals surface area contributed by atoms with Gasteiger partial charge in [-0.1, -0.05) is 12.1 Å². The predicted octanol–water partition coefficient (Wildman–Crippen LogP) is 2.50. The quantitative estimate of drug-likeness (QED) is 0.559. The molecule has 0 fully saturated rings. The van der Waals surface area contributed by atoms with E-state index in [0.717, 1.165) is 10.9 Å². The van der Waals surface area contributed by atoms with E-state index in [4.69, 9.17) is 9.15 Å². The van der Waals surface area contributed by atoms with E-state index in [1.165, 1.54) is 17.8 Å². The molecule has 1 aromatic carbocycles. The second kappa shape index (κ2) is 6.56. The average Bonchev–Trinajstić information content (AvgIpc) is 3.29. The van der Waals surface area contributed by atoms with Crippen molar-refractivity contribution >= 4 is 28.5 Å². The molecular weight excluding hydrogens is 348 g/mol. The van der Waals surface area contributed by atoms with Gasteiger partial charge in [-0.2, -0.15) is 5.10 Å². The van der Waals surface area contributed by atoms with Crippen LogP contribution in [-0.2, 0) is 11.3 Å². The number of rotatable bonds is 4. The van der Waals surface area contributed by atoms with Gasteiger partial charge in [0.15, 0.2) is 5.65 Å². The number of nitrogens with one attached hydrogen (secondary N) is 1. The molecule has 1 N–H and O–H groups in total. The van der Waals surface area contributed by atoms with Crippen LogP contribution in [0, 0.1) is 6.92 Å². The minimum absolute atomic E-state index is 0.164. The van der Waals surface area contributed by atoms with Gasteiger partial charge in [-0.05, 0) is 24.6 Å². The summed E-state index contributed by atoms with van der Waals surface area (Å²) in [5.74, 6) is -0.243. The zero-order valence-electron chi connectivity index (χ0n) is 14.7. The third kappa shape index (κ3) is 2.91. The third-order valence-electron chi connectivity index (χ3n) is 4.28. The molecule has 8 heteroatoms. The fourth-order valence-corrected chi connectivity index (χ4v) is 2.95. The lowest BCUT2D eigenvalue weighted by Crippen LogP contribution is -2.22. The average molecular weight is 364 g/mol. The summed E-state index contributed by atoms with van der Waals surface area (Å²) in [7, 11) is 1.33. The predicted molar refractivity (Wildman–Crippen MR) is 96.4 cm³/mol. The summed E-state index contributed by atoms with van der Waals surface area (Å²) in [6, 6.07) is 7.21. The van der Waals surface area contributed by atoms with Gasteiger partial charge in [0.25, 0.3) is 5.91 Å². The number of hydrogen-bond acceptors (Lipinski definition) is 6. The van der Waals surface area contributed by atoms with Gasteiger partial charge in [0.2, 0.25) is 0 Å². The van der Waals surface area contributed by atoms with E-state index in [2.05, 4.69) is 15.4 Å². The van der Waals surface area contributed by atoms with Gasteiger partial charge in [-0.15, -0.1) is 0 Å². The van der Waals surface area contributed by atoms with E-state index in [1.54, 1.807) is 24.5 Å². The summed E-state index contributed by atoms with van der Waals surface area (Å²) < 4.78 is 12.2. The molecular formula is C19H16N4O4. The first-order chi connectivity index (χ1) is 13.1. The van der Waals surface area contributed by atoms with Crippen molar-refractivity contribution in [3.8, 4) is 0 Å². The monoisotopic (exact) mass is 364 g/mol. The molecule has 0 saturated heterocycles. The fourth-order valence-electron chi connectivity index (χ4n) is 2.95. The minimum Gasteiger partial charge on any atom is -0.465 e. The van der Waals surface area contributed by atoms with Gasteiger partial charge in [0, 0.05) is 17.8 Å². The molecule has 0 aliphatic rings. The number of aryl methyl sites for hydroxylation is 1. The van der Waals surface area contributed by atoms with E-state index in [1.807, 2.05) is 19.1 Å². The Bertz CT molecular complexity index is 1180. The molecule has 8 nitrogen and oxygen atoms in total. The van der Waals surface area contributed by atoms with E-state index >= 15 is 0 Å². The lowest BCUT2D eigenvalue weighted by molar-refractivity contribution is 0.0600. The Hall–Kier alpha value is -3.68. The fraction of sp³-hybridized carbons (Fsp3) is 0.158. The molecule has 3 aromatic heterocycles. The van der Waals surface area contributed by atoms with E-state index in [0.29, 0.717) is 28.1 Å². The Kier molecular flexibility index (Phi) is 4.08. The van der Waals surface area contributed by atoms with Crippen LogP contribution in [0.5, 0.6) is 0 Å². The summed E-state index contributed by atoms with van der Waals surface area (Å²) >= 11 is 0. The van der Waals surface area contributed by atoms with Crippen LogP contribution in [0.4, 0.5) is 0 Å². The van der Waals surface area contributed by atoms with E-state index < -0.39 is 5.97 Å². The Morgan fingerprint density at radius 3 is 3.00 bits per heavy atom. The van der Waals surface area contributed by atoms with Gasteiger partial charge in [0.1, 0.15) is 22.5 Å².